The SMILES string of the molecule is Cc1ccc(CC2(O)CCN(C(=O)OC(C)(C)C)CC2)cc1. The van der Waals surface area contributed by atoms with E-state index in [4.69, 9.17) is 4.74 Å². The maximum Gasteiger partial charge on any atom is 0.410 e. The fraction of sp³-hybridized carbons (Fsp3) is 0.611. The Morgan fingerprint density at radius 3 is 2.27 bits per heavy atom. The van der Waals surface area contributed by atoms with Gasteiger partial charge in [-0.25, -0.2) is 4.79 Å². The molecule has 1 heterocycles. The van der Waals surface area contributed by atoms with Crippen molar-refractivity contribution < 1.29 is 14.6 Å². The van der Waals surface area contributed by atoms with Crippen molar-refractivity contribution in [1.29, 1.82) is 0 Å². The second kappa shape index (κ2) is 6.29. The number of piperidine rings is 1. The predicted molar refractivity (Wildman–Crippen MR) is 86.9 cm³/mol. The van der Waals surface area contributed by atoms with Gasteiger partial charge in [0.15, 0.2) is 0 Å². The molecule has 1 fully saturated rings. The van der Waals surface area contributed by atoms with Crippen molar-refractivity contribution in [3.05, 3.63) is 35.4 Å². The summed E-state index contributed by atoms with van der Waals surface area (Å²) in [7, 11) is 0. The number of amides is 1. The first kappa shape index (κ1) is 16.8. The molecule has 1 amide bonds. The molecule has 2 rings (SSSR count). The molecule has 1 saturated heterocycles. The van der Waals surface area contributed by atoms with E-state index < -0.39 is 11.2 Å². The summed E-state index contributed by atoms with van der Waals surface area (Å²) in [6.45, 7) is 8.72. The van der Waals surface area contributed by atoms with Crippen molar-refractivity contribution >= 4 is 6.09 Å². The van der Waals surface area contributed by atoms with Gasteiger partial charge in [0.1, 0.15) is 5.60 Å². The second-order valence-electron chi connectivity index (χ2n) is 7.35. The average molecular weight is 305 g/mol. The van der Waals surface area contributed by atoms with Crippen molar-refractivity contribution in [2.75, 3.05) is 13.1 Å². The highest BCUT2D eigenvalue weighted by Crippen LogP contribution is 2.27. The lowest BCUT2D eigenvalue weighted by atomic mass is 9.85. The lowest BCUT2D eigenvalue weighted by molar-refractivity contribution is -0.0315. The topological polar surface area (TPSA) is 49.8 Å². The van der Waals surface area contributed by atoms with E-state index in [1.165, 1.54) is 5.56 Å². The van der Waals surface area contributed by atoms with Crippen LogP contribution in [0.15, 0.2) is 24.3 Å². The Labute approximate surface area is 133 Å². The zero-order valence-electron chi connectivity index (χ0n) is 14.1. The maximum absolute atomic E-state index is 12.0. The molecule has 22 heavy (non-hydrogen) atoms. The normalized spacial score (nSPS) is 18.1. The molecule has 0 unspecified atom stereocenters. The maximum atomic E-state index is 12.0. The molecule has 0 bridgehead atoms. The fourth-order valence-electron chi connectivity index (χ4n) is 2.69. The lowest BCUT2D eigenvalue weighted by Gasteiger charge is -2.38. The summed E-state index contributed by atoms with van der Waals surface area (Å²) in [5.41, 5.74) is 1.15. The first-order valence-electron chi connectivity index (χ1n) is 7.93. The highest BCUT2D eigenvalue weighted by Gasteiger charge is 2.35. The molecule has 1 aromatic rings. The number of ether oxygens (including phenoxy) is 1. The number of carbonyl (C=O) groups excluding carboxylic acids is 1. The van der Waals surface area contributed by atoms with E-state index in [-0.39, 0.29) is 6.09 Å². The van der Waals surface area contributed by atoms with Crippen LogP contribution in [0.1, 0.15) is 44.7 Å². The van der Waals surface area contributed by atoms with Gasteiger partial charge in [-0.15, -0.1) is 0 Å². The molecular formula is C18H27NO3. The second-order valence-corrected chi connectivity index (χ2v) is 7.35. The Bertz CT molecular complexity index is 508. The number of carbonyl (C=O) groups is 1. The summed E-state index contributed by atoms with van der Waals surface area (Å²) < 4.78 is 5.38. The summed E-state index contributed by atoms with van der Waals surface area (Å²) >= 11 is 0. The third-order valence-electron chi connectivity index (χ3n) is 4.00. The first-order valence-corrected chi connectivity index (χ1v) is 7.93. The summed E-state index contributed by atoms with van der Waals surface area (Å²) in [4.78, 5) is 13.7. The van der Waals surface area contributed by atoms with Crippen LogP contribution in [0, 0.1) is 6.92 Å². The van der Waals surface area contributed by atoms with Crippen LogP contribution in [0.5, 0.6) is 0 Å². The van der Waals surface area contributed by atoms with Gasteiger partial charge in [0.2, 0.25) is 0 Å². The zero-order valence-corrected chi connectivity index (χ0v) is 14.1. The summed E-state index contributed by atoms with van der Waals surface area (Å²) in [6, 6.07) is 8.25. The quantitative estimate of drug-likeness (QED) is 0.912. The van der Waals surface area contributed by atoms with Crippen LogP contribution in [-0.2, 0) is 11.2 Å². The molecule has 4 nitrogen and oxygen atoms in total. The van der Waals surface area contributed by atoms with Gasteiger partial charge in [-0.2, -0.15) is 0 Å². The van der Waals surface area contributed by atoms with Crippen molar-refractivity contribution in [1.82, 2.24) is 4.90 Å². The Kier molecular flexibility index (Phi) is 4.81. The molecule has 1 aliphatic rings. The van der Waals surface area contributed by atoms with E-state index >= 15 is 0 Å². The van der Waals surface area contributed by atoms with Crippen LogP contribution in [0.2, 0.25) is 0 Å². The number of nitrogens with zero attached hydrogens (tertiary/aromatic N) is 1. The largest absolute Gasteiger partial charge is 0.444 e. The number of hydrogen-bond acceptors (Lipinski definition) is 3. The van der Waals surface area contributed by atoms with Gasteiger partial charge < -0.3 is 14.7 Å². The van der Waals surface area contributed by atoms with Crippen molar-refractivity contribution in [3.63, 3.8) is 0 Å². The van der Waals surface area contributed by atoms with Gasteiger partial charge in [0.25, 0.3) is 0 Å². The third kappa shape index (κ3) is 4.73. The highest BCUT2D eigenvalue weighted by atomic mass is 16.6. The van der Waals surface area contributed by atoms with Gasteiger partial charge in [-0.1, -0.05) is 29.8 Å². The molecule has 0 aromatic heterocycles. The van der Waals surface area contributed by atoms with E-state index in [0.717, 1.165) is 5.56 Å². The van der Waals surface area contributed by atoms with E-state index in [2.05, 4.69) is 31.2 Å². The summed E-state index contributed by atoms with van der Waals surface area (Å²) in [5.74, 6) is 0. The number of likely N-dealkylation sites (tertiary alicyclic amines) is 1. The summed E-state index contributed by atoms with van der Waals surface area (Å²) in [5, 5.41) is 10.7. The smallest absolute Gasteiger partial charge is 0.410 e. The van der Waals surface area contributed by atoms with Crippen LogP contribution in [0.3, 0.4) is 0 Å². The van der Waals surface area contributed by atoms with E-state index in [1.54, 1.807) is 4.90 Å². The fourth-order valence-corrected chi connectivity index (χ4v) is 2.69. The van der Waals surface area contributed by atoms with Crippen molar-refractivity contribution in [2.45, 2.75) is 58.2 Å². The Morgan fingerprint density at radius 1 is 1.23 bits per heavy atom. The van der Waals surface area contributed by atoms with Crippen LogP contribution in [0.25, 0.3) is 0 Å². The molecule has 0 spiro atoms. The zero-order chi connectivity index (χ0) is 16.4. The molecule has 0 saturated carbocycles. The van der Waals surface area contributed by atoms with E-state index in [9.17, 15) is 9.90 Å². The van der Waals surface area contributed by atoms with Crippen LogP contribution >= 0.6 is 0 Å². The van der Waals surface area contributed by atoms with E-state index in [0.29, 0.717) is 32.4 Å². The molecule has 0 radical (unpaired) electrons. The number of aliphatic hydroxyl groups is 1. The standard InChI is InChI=1S/C18H27NO3/c1-14-5-7-15(8-6-14)13-18(21)9-11-19(12-10-18)16(20)22-17(2,3)4/h5-8,21H,9-13H2,1-4H3. The van der Waals surface area contributed by atoms with Gasteiger partial charge in [-0.05, 0) is 46.1 Å². The number of aryl methyl sites for hydroxylation is 1. The molecule has 0 aliphatic carbocycles. The number of benzene rings is 1. The van der Waals surface area contributed by atoms with Crippen LogP contribution in [0.4, 0.5) is 4.79 Å². The molecule has 1 N–H and O–H groups in total. The Hall–Kier alpha value is -1.55. The van der Waals surface area contributed by atoms with Crippen molar-refractivity contribution in [3.8, 4) is 0 Å². The lowest BCUT2D eigenvalue weighted by Crippen LogP contribution is -2.49. The highest BCUT2D eigenvalue weighted by molar-refractivity contribution is 5.68. The Morgan fingerprint density at radius 2 is 1.77 bits per heavy atom. The molecule has 4 heteroatoms. The molecule has 1 aliphatic heterocycles. The van der Waals surface area contributed by atoms with Crippen LogP contribution in [-0.4, -0.2) is 40.4 Å². The van der Waals surface area contributed by atoms with Gasteiger partial charge in [-0.3, -0.25) is 0 Å². The number of hydrogen-bond donors (Lipinski definition) is 1. The van der Waals surface area contributed by atoms with E-state index in [1.807, 2.05) is 20.8 Å². The van der Waals surface area contributed by atoms with Gasteiger partial charge >= 0.3 is 6.09 Å². The average Bonchev–Trinajstić information content (AvgIpc) is 2.40. The van der Waals surface area contributed by atoms with Crippen molar-refractivity contribution in [2.24, 2.45) is 0 Å². The minimum absolute atomic E-state index is 0.287. The third-order valence-corrected chi connectivity index (χ3v) is 4.00. The van der Waals surface area contributed by atoms with Crippen LogP contribution < -0.4 is 0 Å². The minimum Gasteiger partial charge on any atom is -0.444 e. The monoisotopic (exact) mass is 305 g/mol. The molecular weight excluding hydrogens is 278 g/mol. The molecule has 1 aromatic carbocycles. The predicted octanol–water partition coefficient (Wildman–Crippen LogP) is 3.30. The van der Waals surface area contributed by atoms with Gasteiger partial charge in [0.05, 0.1) is 5.60 Å². The number of rotatable bonds is 2. The van der Waals surface area contributed by atoms with Gasteiger partial charge in [0, 0.05) is 19.5 Å². The first-order chi connectivity index (χ1) is 10.2. The summed E-state index contributed by atoms with van der Waals surface area (Å²) in [6.07, 6.45) is 1.51. The molecule has 122 valence electrons. The minimum atomic E-state index is -0.728. The Balaban J connectivity index is 1.90. The molecule has 0 atom stereocenters.